The first-order chi connectivity index (χ1) is 14.5. The van der Waals surface area contributed by atoms with Gasteiger partial charge < -0.3 is 10.2 Å². The van der Waals surface area contributed by atoms with Crippen molar-refractivity contribution in [2.45, 2.75) is 32.9 Å². The summed E-state index contributed by atoms with van der Waals surface area (Å²) in [4.78, 5) is 4.36. The van der Waals surface area contributed by atoms with Crippen LogP contribution in [0.15, 0.2) is 42.6 Å². The van der Waals surface area contributed by atoms with E-state index in [-0.39, 0.29) is 18.8 Å². The van der Waals surface area contributed by atoms with Gasteiger partial charge >= 0.3 is 0 Å². The minimum atomic E-state index is -0.327. The third-order valence-corrected chi connectivity index (χ3v) is 6.43. The third kappa shape index (κ3) is 3.97. The first-order valence-corrected chi connectivity index (χ1v) is 10.6. The molecule has 2 heterocycles. The molecule has 1 fully saturated rings. The Morgan fingerprint density at radius 3 is 2.83 bits per heavy atom. The molecule has 1 N–H and O–H groups in total. The van der Waals surface area contributed by atoms with E-state index in [2.05, 4.69) is 82.5 Å². The molecule has 2 aromatic carbocycles. The summed E-state index contributed by atoms with van der Waals surface area (Å²) in [6, 6.07) is 12.8. The predicted octanol–water partition coefficient (Wildman–Crippen LogP) is 4.51. The quantitative estimate of drug-likeness (QED) is 0.674. The number of likely N-dealkylation sites (N-methyl/N-ethyl adjacent to an activating group) is 1. The highest BCUT2D eigenvalue weighted by molar-refractivity contribution is 5.93. The van der Waals surface area contributed by atoms with Crippen LogP contribution in [-0.4, -0.2) is 54.5 Å². The maximum Gasteiger partial charge on any atom is 0.157 e. The molecule has 0 saturated carbocycles. The third-order valence-electron chi connectivity index (χ3n) is 6.43. The Hall–Kier alpha value is -2.73. The first-order valence-electron chi connectivity index (χ1n) is 10.6. The molecule has 2 atom stereocenters. The zero-order valence-electron chi connectivity index (χ0n) is 18.2. The van der Waals surface area contributed by atoms with Crippen LogP contribution in [0.4, 0.5) is 15.9 Å². The van der Waals surface area contributed by atoms with Crippen LogP contribution in [0.5, 0.6) is 0 Å². The Kier molecular flexibility index (Phi) is 5.86. The Balaban J connectivity index is 1.64. The monoisotopic (exact) mass is 407 g/mol. The van der Waals surface area contributed by atoms with Gasteiger partial charge in [-0.05, 0) is 56.6 Å². The lowest BCUT2D eigenvalue weighted by Crippen LogP contribution is -2.52. The summed E-state index contributed by atoms with van der Waals surface area (Å²) in [5.41, 5.74) is 4.94. The van der Waals surface area contributed by atoms with Gasteiger partial charge in [-0.1, -0.05) is 24.3 Å². The number of rotatable bonds is 5. The number of anilines is 2. The molecule has 0 radical (unpaired) electrons. The number of aromatic nitrogens is 2. The van der Waals surface area contributed by atoms with E-state index < -0.39 is 0 Å². The summed E-state index contributed by atoms with van der Waals surface area (Å²) in [7, 11) is 1.99. The van der Waals surface area contributed by atoms with Crippen LogP contribution < -0.4 is 10.2 Å². The number of aryl methyl sites for hydroxylation is 1. The first kappa shape index (κ1) is 20.5. The lowest BCUT2D eigenvalue weighted by Gasteiger charge is -2.39. The average Bonchev–Trinajstić information content (AvgIpc) is 2.76. The summed E-state index contributed by atoms with van der Waals surface area (Å²) >= 11 is 0. The van der Waals surface area contributed by atoms with Crippen molar-refractivity contribution < 1.29 is 4.39 Å². The molecule has 1 aliphatic rings. The van der Waals surface area contributed by atoms with Crippen LogP contribution in [0.2, 0.25) is 0 Å². The maximum absolute atomic E-state index is 13.4. The van der Waals surface area contributed by atoms with Crippen molar-refractivity contribution in [1.82, 2.24) is 15.1 Å². The molecule has 30 heavy (non-hydrogen) atoms. The molecule has 1 saturated heterocycles. The van der Waals surface area contributed by atoms with Gasteiger partial charge in [-0.15, -0.1) is 5.10 Å². The summed E-state index contributed by atoms with van der Waals surface area (Å²) in [6.45, 7) is 8.55. The van der Waals surface area contributed by atoms with Crippen LogP contribution >= 0.6 is 0 Å². The molecule has 0 bridgehead atoms. The number of fused-ring (bicyclic) bond motifs is 1. The number of nitrogens with zero attached hydrogens (tertiary/aromatic N) is 4. The highest BCUT2D eigenvalue weighted by atomic mass is 19.1. The largest absolute Gasteiger partial charge is 0.369 e. The standard InChI is InChI=1S/C24H30FN5/c1-16-6-5-7-22(17(16)2)18(3)27-24-23-12-20(9-8-19(23)14-26-28-24)30-11-10-29(4)21(13-25)15-30/h5-9,12,14,18,21H,10-11,13,15H2,1-4H3,(H,27,28)/t18-,21?/m1/s1. The molecule has 1 aromatic heterocycles. The fourth-order valence-corrected chi connectivity index (χ4v) is 4.24. The molecule has 0 aliphatic carbocycles. The molecule has 6 heteroatoms. The number of nitrogens with one attached hydrogen (secondary N) is 1. The Bertz CT molecular complexity index is 1040. The van der Waals surface area contributed by atoms with E-state index in [1.807, 2.05) is 7.05 Å². The second-order valence-corrected chi connectivity index (χ2v) is 8.35. The number of halogens is 1. The van der Waals surface area contributed by atoms with Crippen molar-refractivity contribution in [2.24, 2.45) is 0 Å². The fraction of sp³-hybridized carbons (Fsp3) is 0.417. The van der Waals surface area contributed by atoms with Crippen LogP contribution in [-0.2, 0) is 0 Å². The molecule has 158 valence electrons. The van der Waals surface area contributed by atoms with Crippen molar-refractivity contribution in [3.63, 3.8) is 0 Å². The Morgan fingerprint density at radius 1 is 1.20 bits per heavy atom. The van der Waals surface area contributed by atoms with Gasteiger partial charge in [0.2, 0.25) is 0 Å². The summed E-state index contributed by atoms with van der Waals surface area (Å²) < 4.78 is 13.4. The van der Waals surface area contributed by atoms with Gasteiger partial charge in [0.25, 0.3) is 0 Å². The molecule has 0 amide bonds. The summed E-state index contributed by atoms with van der Waals surface area (Å²) in [5.74, 6) is 0.777. The van der Waals surface area contributed by atoms with E-state index >= 15 is 0 Å². The fourth-order valence-electron chi connectivity index (χ4n) is 4.24. The smallest absolute Gasteiger partial charge is 0.157 e. The van der Waals surface area contributed by atoms with Gasteiger partial charge in [0.15, 0.2) is 5.82 Å². The van der Waals surface area contributed by atoms with E-state index in [0.29, 0.717) is 6.54 Å². The SMILES string of the molecule is Cc1cccc([C@@H](C)Nc2nncc3ccc(N4CCN(C)C(CF)C4)cc23)c1C. The van der Waals surface area contributed by atoms with Crippen LogP contribution in [0.1, 0.15) is 29.7 Å². The average molecular weight is 408 g/mol. The number of piperazine rings is 1. The Morgan fingerprint density at radius 2 is 2.03 bits per heavy atom. The Labute approximate surface area is 177 Å². The van der Waals surface area contributed by atoms with Crippen molar-refractivity contribution >= 4 is 22.3 Å². The van der Waals surface area contributed by atoms with E-state index in [4.69, 9.17) is 0 Å². The van der Waals surface area contributed by atoms with E-state index in [1.54, 1.807) is 6.20 Å². The van der Waals surface area contributed by atoms with Crippen molar-refractivity contribution in [3.05, 3.63) is 59.3 Å². The molecular weight excluding hydrogens is 377 g/mol. The second kappa shape index (κ2) is 8.56. The highest BCUT2D eigenvalue weighted by Gasteiger charge is 2.24. The zero-order chi connectivity index (χ0) is 21.3. The van der Waals surface area contributed by atoms with Gasteiger partial charge in [-0.2, -0.15) is 5.10 Å². The highest BCUT2D eigenvalue weighted by Crippen LogP contribution is 2.30. The normalized spacial score (nSPS) is 18.6. The molecular formula is C24H30FN5. The predicted molar refractivity (Wildman–Crippen MR) is 122 cm³/mol. The van der Waals surface area contributed by atoms with E-state index in [0.717, 1.165) is 35.4 Å². The van der Waals surface area contributed by atoms with Crippen molar-refractivity contribution in [3.8, 4) is 0 Å². The van der Waals surface area contributed by atoms with Gasteiger partial charge in [0.1, 0.15) is 6.67 Å². The number of alkyl halides is 1. The topological polar surface area (TPSA) is 44.3 Å². The molecule has 3 aromatic rings. The minimum absolute atomic E-state index is 0.0630. The minimum Gasteiger partial charge on any atom is -0.369 e. The lowest BCUT2D eigenvalue weighted by atomic mass is 9.98. The summed E-state index contributed by atoms with van der Waals surface area (Å²) in [5, 5.41) is 14.2. The van der Waals surface area contributed by atoms with Crippen molar-refractivity contribution in [2.75, 3.05) is 43.6 Å². The van der Waals surface area contributed by atoms with Crippen LogP contribution in [0.25, 0.3) is 10.8 Å². The zero-order valence-corrected chi connectivity index (χ0v) is 18.2. The molecule has 4 rings (SSSR count). The summed E-state index contributed by atoms with van der Waals surface area (Å²) in [6.07, 6.45) is 1.79. The molecule has 5 nitrogen and oxygen atoms in total. The maximum atomic E-state index is 13.4. The van der Waals surface area contributed by atoms with Gasteiger partial charge in [-0.25, -0.2) is 4.39 Å². The van der Waals surface area contributed by atoms with E-state index in [9.17, 15) is 4.39 Å². The van der Waals surface area contributed by atoms with Crippen LogP contribution in [0.3, 0.4) is 0 Å². The van der Waals surface area contributed by atoms with Crippen LogP contribution in [0, 0.1) is 13.8 Å². The number of hydrogen-bond acceptors (Lipinski definition) is 5. The van der Waals surface area contributed by atoms with Crippen molar-refractivity contribution in [1.29, 1.82) is 0 Å². The molecule has 0 spiro atoms. The number of benzene rings is 2. The van der Waals surface area contributed by atoms with Gasteiger partial charge in [-0.3, -0.25) is 4.90 Å². The van der Waals surface area contributed by atoms with E-state index in [1.165, 1.54) is 16.7 Å². The molecule has 1 unspecified atom stereocenters. The van der Waals surface area contributed by atoms with Gasteiger partial charge in [0, 0.05) is 36.1 Å². The number of hydrogen-bond donors (Lipinski definition) is 1. The van der Waals surface area contributed by atoms with Gasteiger partial charge in [0.05, 0.1) is 18.3 Å². The lowest BCUT2D eigenvalue weighted by molar-refractivity contribution is 0.183. The second-order valence-electron chi connectivity index (χ2n) is 8.35. The molecule has 1 aliphatic heterocycles.